The monoisotopic (exact) mass is 411 g/mol. The lowest BCUT2D eigenvalue weighted by Gasteiger charge is -2.22. The number of rotatable bonds is 6. The summed E-state index contributed by atoms with van der Waals surface area (Å²) in [5.41, 5.74) is -1.14. The highest BCUT2D eigenvalue weighted by Crippen LogP contribution is 2.38. The first-order valence-corrected chi connectivity index (χ1v) is 9.97. The lowest BCUT2D eigenvalue weighted by Crippen LogP contribution is -2.27. The molecule has 0 atom stereocenters. The fourth-order valence-electron chi connectivity index (χ4n) is 2.51. The zero-order valence-corrected chi connectivity index (χ0v) is 16.9. The van der Waals surface area contributed by atoms with Gasteiger partial charge >= 0.3 is 5.97 Å². The molecule has 0 saturated heterocycles. The maximum Gasteiger partial charge on any atom is 0.361 e. The lowest BCUT2D eigenvalue weighted by molar-refractivity contribution is 0.0515. The summed E-state index contributed by atoms with van der Waals surface area (Å²) in [7, 11) is 0.374. The minimum atomic E-state index is -3.66. The largest absolute Gasteiger partial charge is 0.501 e. The number of benzene rings is 1. The summed E-state index contributed by atoms with van der Waals surface area (Å²) in [5, 5.41) is 10.0. The van der Waals surface area contributed by atoms with E-state index in [4.69, 9.17) is 9.47 Å². The Kier molecular flexibility index (Phi) is 5.98. The van der Waals surface area contributed by atoms with E-state index < -0.39 is 33.0 Å². The Labute approximate surface area is 162 Å². The van der Waals surface area contributed by atoms with Crippen molar-refractivity contribution < 1.29 is 27.8 Å². The van der Waals surface area contributed by atoms with Gasteiger partial charge in [0.05, 0.1) is 31.2 Å². The third kappa shape index (κ3) is 3.79. The van der Waals surface area contributed by atoms with Crippen LogP contribution in [0.3, 0.4) is 0 Å². The van der Waals surface area contributed by atoms with Crippen molar-refractivity contribution in [2.75, 3.05) is 31.3 Å². The molecule has 1 aromatic carbocycles. The van der Waals surface area contributed by atoms with Gasteiger partial charge in [0.2, 0.25) is 15.8 Å². The van der Waals surface area contributed by atoms with E-state index >= 15 is 0 Å². The first kappa shape index (κ1) is 21.2. The molecular formula is C17H21N3O7S. The molecule has 11 heteroatoms. The molecule has 0 unspecified atom stereocenters. The lowest BCUT2D eigenvalue weighted by atomic mass is 10.1. The van der Waals surface area contributed by atoms with Crippen molar-refractivity contribution in [3.63, 3.8) is 0 Å². The van der Waals surface area contributed by atoms with Crippen LogP contribution >= 0.6 is 0 Å². The zero-order chi connectivity index (χ0) is 21.2. The number of aromatic nitrogens is 2. The van der Waals surface area contributed by atoms with Crippen LogP contribution in [0.4, 0.5) is 5.69 Å². The molecule has 0 fully saturated rings. The van der Waals surface area contributed by atoms with Gasteiger partial charge in [-0.2, -0.15) is 0 Å². The Hall–Kier alpha value is -3.08. The van der Waals surface area contributed by atoms with E-state index in [9.17, 15) is 23.1 Å². The number of methoxy groups -OCH3 is 1. The topological polar surface area (TPSA) is 128 Å². The molecule has 0 radical (unpaired) electrons. The van der Waals surface area contributed by atoms with Gasteiger partial charge in [-0.25, -0.2) is 18.2 Å². The summed E-state index contributed by atoms with van der Waals surface area (Å²) in [5.74, 6) is -1.70. The fraction of sp³-hybridized carbons (Fsp3) is 0.353. The Morgan fingerprint density at radius 2 is 2.00 bits per heavy atom. The molecule has 0 saturated carbocycles. The summed E-state index contributed by atoms with van der Waals surface area (Å²) >= 11 is 0. The van der Waals surface area contributed by atoms with Gasteiger partial charge in [-0.1, -0.05) is 6.07 Å². The summed E-state index contributed by atoms with van der Waals surface area (Å²) in [6.07, 6.45) is 1.02. The number of carbonyl (C=O) groups is 1. The van der Waals surface area contributed by atoms with Gasteiger partial charge in [-0.05, 0) is 19.1 Å². The number of hydrogen-bond acceptors (Lipinski definition) is 8. The predicted octanol–water partition coefficient (Wildman–Crippen LogP) is 0.734. The second-order valence-electron chi connectivity index (χ2n) is 5.80. The van der Waals surface area contributed by atoms with Crippen LogP contribution in [0.2, 0.25) is 0 Å². The molecule has 1 heterocycles. The molecule has 2 aromatic rings. The first-order valence-electron chi connectivity index (χ1n) is 8.12. The zero-order valence-electron chi connectivity index (χ0n) is 16.1. The highest BCUT2D eigenvalue weighted by Gasteiger charge is 2.27. The molecule has 0 spiro atoms. The maximum atomic E-state index is 12.5. The molecule has 10 nitrogen and oxygen atoms in total. The van der Waals surface area contributed by atoms with Crippen molar-refractivity contribution >= 4 is 21.7 Å². The highest BCUT2D eigenvalue weighted by molar-refractivity contribution is 7.92. The molecule has 0 bridgehead atoms. The van der Waals surface area contributed by atoms with Gasteiger partial charge < -0.3 is 14.6 Å². The van der Waals surface area contributed by atoms with Gasteiger partial charge in [0.1, 0.15) is 11.6 Å². The summed E-state index contributed by atoms with van der Waals surface area (Å²) in [6, 6.07) is 4.63. The number of anilines is 1. The molecule has 28 heavy (non-hydrogen) atoms. The van der Waals surface area contributed by atoms with Gasteiger partial charge in [0.25, 0.3) is 5.56 Å². The van der Waals surface area contributed by atoms with Gasteiger partial charge in [0, 0.05) is 14.1 Å². The fourth-order valence-corrected chi connectivity index (χ4v) is 3.02. The molecular weight excluding hydrogens is 390 g/mol. The van der Waals surface area contributed by atoms with Crippen LogP contribution in [0.5, 0.6) is 11.5 Å². The minimum Gasteiger partial charge on any atom is -0.501 e. The molecule has 0 aliphatic heterocycles. The molecule has 1 aromatic heterocycles. The summed E-state index contributed by atoms with van der Waals surface area (Å²) in [4.78, 5) is 28.7. The average Bonchev–Trinajstić information content (AvgIpc) is 2.64. The number of aromatic hydroxyl groups is 1. The van der Waals surface area contributed by atoms with Crippen molar-refractivity contribution in [2.45, 2.75) is 6.92 Å². The van der Waals surface area contributed by atoms with Crippen molar-refractivity contribution in [2.24, 2.45) is 7.05 Å². The number of hydrogen-bond donors (Lipinski definition) is 1. The Morgan fingerprint density at radius 1 is 1.36 bits per heavy atom. The predicted molar refractivity (Wildman–Crippen MR) is 102 cm³/mol. The van der Waals surface area contributed by atoms with Crippen LogP contribution in [0.1, 0.15) is 17.4 Å². The molecule has 0 aliphatic rings. The number of nitrogens with zero attached hydrogens (tertiary/aromatic N) is 3. The second-order valence-corrected chi connectivity index (χ2v) is 7.82. The van der Waals surface area contributed by atoms with Crippen LogP contribution in [0.25, 0.3) is 11.4 Å². The Balaban J connectivity index is 2.92. The van der Waals surface area contributed by atoms with Crippen LogP contribution in [-0.4, -0.2) is 56.1 Å². The van der Waals surface area contributed by atoms with E-state index in [-0.39, 0.29) is 29.4 Å². The van der Waals surface area contributed by atoms with Crippen molar-refractivity contribution in [3.8, 4) is 22.9 Å². The quantitative estimate of drug-likeness (QED) is 0.689. The van der Waals surface area contributed by atoms with Crippen LogP contribution in [0.15, 0.2) is 23.0 Å². The SMILES string of the molecule is CCOC(=O)c1nc(-c2c(OC)cccc2N(C)S(C)(=O)=O)n(C)c(=O)c1O. The average molecular weight is 411 g/mol. The molecule has 152 valence electrons. The molecule has 0 aliphatic carbocycles. The van der Waals surface area contributed by atoms with E-state index in [1.54, 1.807) is 19.1 Å². The Bertz CT molecular complexity index is 1080. The van der Waals surface area contributed by atoms with E-state index in [1.165, 1.54) is 27.3 Å². The highest BCUT2D eigenvalue weighted by atomic mass is 32.2. The van der Waals surface area contributed by atoms with Gasteiger partial charge in [-0.3, -0.25) is 13.7 Å². The van der Waals surface area contributed by atoms with E-state index in [0.717, 1.165) is 15.1 Å². The number of carbonyl (C=O) groups excluding carboxylic acids is 1. The molecule has 1 N–H and O–H groups in total. The number of esters is 1. The van der Waals surface area contributed by atoms with E-state index in [1.807, 2.05) is 0 Å². The minimum absolute atomic E-state index is 0.0151. The van der Waals surface area contributed by atoms with Crippen LogP contribution in [-0.2, 0) is 21.8 Å². The van der Waals surface area contributed by atoms with Gasteiger partial charge in [0.15, 0.2) is 5.69 Å². The van der Waals surface area contributed by atoms with Crippen LogP contribution in [0, 0.1) is 0 Å². The summed E-state index contributed by atoms with van der Waals surface area (Å²) in [6.45, 7) is 1.58. The van der Waals surface area contributed by atoms with E-state index in [2.05, 4.69) is 4.98 Å². The van der Waals surface area contributed by atoms with Gasteiger partial charge in [-0.15, -0.1) is 0 Å². The maximum absolute atomic E-state index is 12.5. The van der Waals surface area contributed by atoms with Crippen molar-refractivity contribution in [1.82, 2.24) is 9.55 Å². The smallest absolute Gasteiger partial charge is 0.361 e. The van der Waals surface area contributed by atoms with E-state index in [0.29, 0.717) is 0 Å². The first-order chi connectivity index (χ1) is 13.0. The van der Waals surface area contributed by atoms with Crippen molar-refractivity contribution in [1.29, 1.82) is 0 Å². The van der Waals surface area contributed by atoms with Crippen LogP contribution < -0.4 is 14.6 Å². The third-order valence-electron chi connectivity index (χ3n) is 4.02. The standard InChI is InChI=1S/C17H21N3O7S/c1-6-27-17(23)13-14(21)16(22)19(2)15(18-13)12-10(20(3)28(5,24)25)8-7-9-11(12)26-4/h7-9,21H,6H2,1-5H3. The Morgan fingerprint density at radius 3 is 2.54 bits per heavy atom. The molecule has 2 rings (SSSR count). The third-order valence-corrected chi connectivity index (χ3v) is 5.21. The number of sulfonamides is 1. The second kappa shape index (κ2) is 7.89. The number of ether oxygens (including phenoxy) is 2. The normalized spacial score (nSPS) is 11.2. The summed E-state index contributed by atoms with van der Waals surface area (Å²) < 4.78 is 36.3. The van der Waals surface area contributed by atoms with Crippen molar-refractivity contribution in [3.05, 3.63) is 34.2 Å². The molecule has 0 amide bonds.